The molecule has 1 aliphatic heterocycles. The molecule has 22 heavy (non-hydrogen) atoms. The third kappa shape index (κ3) is 3.33. The van der Waals surface area contributed by atoms with Gasteiger partial charge >= 0.3 is 0 Å². The lowest BCUT2D eigenvalue weighted by molar-refractivity contribution is -0.127. The molecule has 1 aromatic rings. The molecule has 0 atom stereocenters. The van der Waals surface area contributed by atoms with Crippen LogP contribution < -0.4 is 0 Å². The van der Waals surface area contributed by atoms with Crippen molar-refractivity contribution in [3.8, 4) is 0 Å². The summed E-state index contributed by atoms with van der Waals surface area (Å²) in [5.74, 6) is -2.01. The van der Waals surface area contributed by atoms with E-state index in [4.69, 9.17) is 0 Å². The van der Waals surface area contributed by atoms with E-state index >= 15 is 0 Å². The zero-order valence-corrected chi connectivity index (χ0v) is 12.8. The van der Waals surface area contributed by atoms with Gasteiger partial charge in [-0.05, 0) is 31.2 Å². The highest BCUT2D eigenvalue weighted by Crippen LogP contribution is 2.21. The molecule has 1 heterocycles. The highest BCUT2D eigenvalue weighted by Gasteiger charge is 2.31. The molecule has 0 aliphatic carbocycles. The molecule has 0 N–H and O–H groups in total. The number of carbonyl (C=O) groups excluding carboxylic acids is 1. The highest BCUT2D eigenvalue weighted by atomic mass is 32.2. The van der Waals surface area contributed by atoms with Gasteiger partial charge in [-0.2, -0.15) is 4.31 Å². The van der Waals surface area contributed by atoms with Gasteiger partial charge in [-0.3, -0.25) is 4.79 Å². The number of sulfonamides is 1. The molecule has 1 fully saturated rings. The molecular formula is C14H16F2N2O3S. The van der Waals surface area contributed by atoms with Gasteiger partial charge < -0.3 is 4.90 Å². The van der Waals surface area contributed by atoms with E-state index < -0.39 is 26.6 Å². The summed E-state index contributed by atoms with van der Waals surface area (Å²) in [6.45, 7) is 2.22. The van der Waals surface area contributed by atoms with Crippen molar-refractivity contribution < 1.29 is 22.0 Å². The minimum atomic E-state index is -4.11. The molecule has 8 heteroatoms. The molecule has 120 valence electrons. The lowest BCUT2D eigenvalue weighted by Gasteiger charge is -2.33. The normalized spacial score (nSPS) is 17.1. The summed E-state index contributed by atoms with van der Waals surface area (Å²) < 4.78 is 52.7. The van der Waals surface area contributed by atoms with Gasteiger partial charge in [0.2, 0.25) is 15.9 Å². The van der Waals surface area contributed by atoms with Crippen molar-refractivity contribution in [1.29, 1.82) is 0 Å². The average Bonchev–Trinajstić information content (AvgIpc) is 2.50. The SMILES string of the molecule is C/C=C/C(=O)N1CCN(S(=O)(=O)c2cc(F)ccc2F)CC1. The number of benzene rings is 1. The molecule has 0 aromatic heterocycles. The first-order chi connectivity index (χ1) is 10.4. The molecule has 1 amide bonds. The number of hydrogen-bond donors (Lipinski definition) is 0. The van der Waals surface area contributed by atoms with Crippen molar-refractivity contribution >= 4 is 15.9 Å². The summed E-state index contributed by atoms with van der Waals surface area (Å²) in [5, 5.41) is 0. The summed E-state index contributed by atoms with van der Waals surface area (Å²) >= 11 is 0. The lowest BCUT2D eigenvalue weighted by Crippen LogP contribution is -2.50. The van der Waals surface area contributed by atoms with E-state index in [2.05, 4.69) is 0 Å². The Kier molecular flexibility index (Phi) is 4.92. The van der Waals surface area contributed by atoms with Crippen LogP contribution in [0.15, 0.2) is 35.2 Å². The first kappa shape index (κ1) is 16.6. The van der Waals surface area contributed by atoms with Crippen LogP contribution in [0.1, 0.15) is 6.92 Å². The average molecular weight is 330 g/mol. The first-order valence-corrected chi connectivity index (χ1v) is 8.17. The number of carbonyl (C=O) groups is 1. The number of piperazine rings is 1. The topological polar surface area (TPSA) is 57.7 Å². The second-order valence-electron chi connectivity index (χ2n) is 4.80. The Hall–Kier alpha value is -1.80. The van der Waals surface area contributed by atoms with E-state index in [0.29, 0.717) is 6.07 Å². The predicted molar refractivity (Wildman–Crippen MR) is 76.5 cm³/mol. The molecule has 5 nitrogen and oxygen atoms in total. The fraction of sp³-hybridized carbons (Fsp3) is 0.357. The van der Waals surface area contributed by atoms with Gasteiger partial charge in [-0.1, -0.05) is 6.08 Å². The van der Waals surface area contributed by atoms with Crippen LogP contribution in [0.3, 0.4) is 0 Å². The van der Waals surface area contributed by atoms with Crippen LogP contribution in [-0.4, -0.2) is 49.7 Å². The Balaban J connectivity index is 2.16. The van der Waals surface area contributed by atoms with Crippen molar-refractivity contribution in [1.82, 2.24) is 9.21 Å². The Bertz CT molecular complexity index is 696. The summed E-state index contributed by atoms with van der Waals surface area (Å²) in [5.41, 5.74) is 0. The molecule has 0 spiro atoms. The maximum Gasteiger partial charge on any atom is 0.246 e. The minimum absolute atomic E-state index is 0.0432. The van der Waals surface area contributed by atoms with Gasteiger partial charge in [0.1, 0.15) is 16.5 Å². The standard InChI is InChI=1S/C14H16F2N2O3S/c1-2-3-14(19)17-6-8-18(9-7-17)22(20,21)13-10-11(15)4-5-12(13)16/h2-5,10H,6-9H2,1H3/b3-2+. The number of hydrogen-bond acceptors (Lipinski definition) is 3. The summed E-state index contributed by atoms with van der Waals surface area (Å²) in [4.78, 5) is 12.5. The van der Waals surface area contributed by atoms with Crippen LogP contribution in [0.25, 0.3) is 0 Å². The Labute approximate surface area is 127 Å². The monoisotopic (exact) mass is 330 g/mol. The molecule has 2 rings (SSSR count). The fourth-order valence-corrected chi connectivity index (χ4v) is 3.71. The fourth-order valence-electron chi connectivity index (χ4n) is 2.21. The third-order valence-corrected chi connectivity index (χ3v) is 5.28. The van der Waals surface area contributed by atoms with Gasteiger partial charge in [0.05, 0.1) is 0 Å². The maximum atomic E-state index is 13.7. The number of amides is 1. The van der Waals surface area contributed by atoms with Crippen molar-refractivity contribution in [3.05, 3.63) is 42.0 Å². The van der Waals surface area contributed by atoms with E-state index in [1.165, 1.54) is 11.0 Å². The van der Waals surface area contributed by atoms with Crippen LogP contribution >= 0.6 is 0 Å². The number of rotatable bonds is 3. The molecule has 0 saturated carbocycles. The molecule has 0 radical (unpaired) electrons. The predicted octanol–water partition coefficient (Wildman–Crippen LogP) is 1.37. The van der Waals surface area contributed by atoms with Crippen LogP contribution in [0.2, 0.25) is 0 Å². The van der Waals surface area contributed by atoms with E-state index in [-0.39, 0.29) is 32.1 Å². The van der Waals surface area contributed by atoms with Gasteiger partial charge in [0.15, 0.2) is 0 Å². The first-order valence-electron chi connectivity index (χ1n) is 6.73. The van der Waals surface area contributed by atoms with Crippen molar-refractivity contribution in [2.24, 2.45) is 0 Å². The third-order valence-electron chi connectivity index (χ3n) is 3.37. The van der Waals surface area contributed by atoms with E-state index in [1.807, 2.05) is 0 Å². The minimum Gasteiger partial charge on any atom is -0.337 e. The molecule has 1 saturated heterocycles. The van der Waals surface area contributed by atoms with E-state index in [9.17, 15) is 22.0 Å². The number of allylic oxidation sites excluding steroid dienone is 1. The summed E-state index contributed by atoms with van der Waals surface area (Å²) in [6.07, 6.45) is 3.00. The Morgan fingerprint density at radius 3 is 2.41 bits per heavy atom. The molecule has 0 unspecified atom stereocenters. The molecule has 0 bridgehead atoms. The molecule has 1 aliphatic rings. The quantitative estimate of drug-likeness (QED) is 0.787. The van der Waals surface area contributed by atoms with Gasteiger partial charge in [0, 0.05) is 26.2 Å². The molecule has 1 aromatic carbocycles. The maximum absolute atomic E-state index is 13.7. The van der Waals surface area contributed by atoms with Crippen molar-refractivity contribution in [3.63, 3.8) is 0 Å². The number of halogens is 2. The zero-order chi connectivity index (χ0) is 16.3. The van der Waals surface area contributed by atoms with E-state index in [0.717, 1.165) is 16.4 Å². The lowest BCUT2D eigenvalue weighted by atomic mass is 10.3. The van der Waals surface area contributed by atoms with E-state index in [1.54, 1.807) is 13.0 Å². The number of nitrogens with zero attached hydrogens (tertiary/aromatic N) is 2. The van der Waals surface area contributed by atoms with Gasteiger partial charge in [-0.25, -0.2) is 17.2 Å². The summed E-state index contributed by atoms with van der Waals surface area (Å²) in [6, 6.07) is 2.32. The van der Waals surface area contributed by atoms with Crippen LogP contribution in [0, 0.1) is 11.6 Å². The van der Waals surface area contributed by atoms with Gasteiger partial charge in [-0.15, -0.1) is 0 Å². The van der Waals surface area contributed by atoms with Crippen molar-refractivity contribution in [2.75, 3.05) is 26.2 Å². The Morgan fingerprint density at radius 1 is 1.18 bits per heavy atom. The Morgan fingerprint density at radius 2 is 1.82 bits per heavy atom. The largest absolute Gasteiger partial charge is 0.337 e. The van der Waals surface area contributed by atoms with Crippen LogP contribution in [0.4, 0.5) is 8.78 Å². The second kappa shape index (κ2) is 6.53. The smallest absolute Gasteiger partial charge is 0.246 e. The van der Waals surface area contributed by atoms with Crippen LogP contribution in [-0.2, 0) is 14.8 Å². The van der Waals surface area contributed by atoms with Gasteiger partial charge in [0.25, 0.3) is 0 Å². The zero-order valence-electron chi connectivity index (χ0n) is 12.0. The van der Waals surface area contributed by atoms with Crippen LogP contribution in [0.5, 0.6) is 0 Å². The molecular weight excluding hydrogens is 314 g/mol. The second-order valence-corrected chi connectivity index (χ2v) is 6.71. The highest BCUT2D eigenvalue weighted by molar-refractivity contribution is 7.89. The van der Waals surface area contributed by atoms with Crippen molar-refractivity contribution in [2.45, 2.75) is 11.8 Å². The summed E-state index contributed by atoms with van der Waals surface area (Å²) in [7, 11) is -4.11.